The van der Waals surface area contributed by atoms with Gasteiger partial charge in [0, 0.05) is 20.7 Å². The summed E-state index contributed by atoms with van der Waals surface area (Å²) < 4.78 is 37.2. The summed E-state index contributed by atoms with van der Waals surface area (Å²) in [5, 5.41) is 100. The van der Waals surface area contributed by atoms with Crippen molar-refractivity contribution in [3.8, 4) is 11.5 Å². The van der Waals surface area contributed by atoms with Gasteiger partial charge in [-0.2, -0.15) is 0 Å². The summed E-state index contributed by atoms with van der Waals surface area (Å²) in [5.41, 5.74) is 2.36. The van der Waals surface area contributed by atoms with E-state index in [1.54, 1.807) is 39.0 Å². The number of phenols is 1. The van der Waals surface area contributed by atoms with Crippen LogP contribution in [0.5, 0.6) is 11.5 Å². The molecule has 26 heteroatoms. The van der Waals surface area contributed by atoms with Gasteiger partial charge in [-0.25, -0.2) is 9.59 Å². The summed E-state index contributed by atoms with van der Waals surface area (Å²) in [4.78, 5) is 87.6. The molecule has 0 radical (unpaired) electrons. The molecule has 2 saturated heterocycles. The molecule has 70 heavy (non-hydrogen) atoms. The van der Waals surface area contributed by atoms with E-state index in [4.69, 9.17) is 42.9 Å². The number of aliphatic carboxylic acids is 2. The maximum Gasteiger partial charge on any atom is 0.335 e. The number of amides is 3. The van der Waals surface area contributed by atoms with Gasteiger partial charge in [-0.05, 0) is 53.1 Å². The first-order valence-corrected chi connectivity index (χ1v) is 20.7. The highest BCUT2D eigenvalue weighted by atomic mass is 16.7. The molecule has 0 bridgehead atoms. The van der Waals surface area contributed by atoms with Crippen molar-refractivity contribution in [3.63, 3.8) is 0 Å². The van der Waals surface area contributed by atoms with Crippen LogP contribution in [0.4, 0.5) is 11.4 Å². The van der Waals surface area contributed by atoms with Crippen LogP contribution in [0.15, 0.2) is 72.5 Å². The van der Waals surface area contributed by atoms with Crippen molar-refractivity contribution in [2.75, 3.05) is 10.6 Å². The van der Waals surface area contributed by atoms with Gasteiger partial charge < -0.3 is 90.7 Å². The lowest BCUT2D eigenvalue weighted by Crippen LogP contribution is -2.61. The average molecular weight is 999 g/mol. The van der Waals surface area contributed by atoms with E-state index in [1.165, 1.54) is 36.4 Å². The minimum Gasteiger partial charge on any atom is -0.506 e. The molecule has 3 aliphatic rings. The number of aliphatic hydroxyl groups is 7. The third-order valence-electron chi connectivity index (χ3n) is 9.42. The normalized spacial score (nSPS) is 24.8. The summed E-state index contributed by atoms with van der Waals surface area (Å²) in [6, 6.07) is 8.59. The molecule has 26 nitrogen and oxygen atoms in total. The van der Waals surface area contributed by atoms with Crippen LogP contribution in [0.2, 0.25) is 0 Å². The molecule has 2 aliphatic heterocycles. The highest BCUT2D eigenvalue weighted by Crippen LogP contribution is 2.31. The van der Waals surface area contributed by atoms with Crippen molar-refractivity contribution in [3.05, 3.63) is 83.6 Å². The Kier molecular flexibility index (Phi) is 23.0. The standard InChI is InChI=1S/C17H21NO10.C11H13NO4.C10H11NO2.C6H10O7.H2/c1-2-11(20)18-9-5-8(6-26-7-19)3-4-10(9)27-17-14(23)12(21)13(22)15(28-17)16(24)25;1-2-11(15)12-9-5-8(6-16-7-13)3-4-10(9)14;1-3-10(13)11-8-6-7(2)4-5-9(8)12;7-1-2(8)4(5(10)11)13-6(12)3(1)9;/h3-5,7,12-15,17,21-23H,2,6H2,1H3,(H,18,20)(H,24,25);3-5,7,14H,2,6H2,1H3,(H,12,15);4-6H,2-3H2,1H3,(H,11,13);1-4,6-9,12H,(H,10,11);1H/t12-,13-,14?,15?,17+;;;1-,2-,3?,4?,6+;/m0..0./s1/i2*7D;;;1+1. The maximum absolute atomic E-state index is 11.8. The SMILES string of the molecule is C=C1C=CC(=O)C(NC(=O)CC)=C1.O=C(O)C1O[C@@H](O)C(O)[C@@H](O)[C@@H]1O.[2HH].[2H]C(=O)OCc1ccc(O)c(NC(=O)CC)c1.[2H]C(=O)OCc1ccc(O[C@@H]2OC(C(=O)O)[C@@H](O)[C@H](O)C2O)c(NC(=O)CC)c1. The number of ether oxygens (including phenoxy) is 5. The quantitative estimate of drug-likeness (QED) is 0.0765. The Bertz CT molecular complexity index is 2350. The maximum atomic E-state index is 11.8. The third-order valence-corrected chi connectivity index (χ3v) is 9.42. The van der Waals surface area contributed by atoms with Crippen LogP contribution in [0.1, 0.15) is 55.3 Å². The number of ketones is 1. The van der Waals surface area contributed by atoms with Gasteiger partial charge in [-0.1, -0.05) is 45.6 Å². The van der Waals surface area contributed by atoms with Crippen molar-refractivity contribution in [2.24, 2.45) is 0 Å². The first-order chi connectivity index (χ1) is 33.7. The molecule has 5 rings (SSSR count). The lowest BCUT2D eigenvalue weighted by atomic mass is 9.99. The molecule has 4 unspecified atom stereocenters. The number of aliphatic hydroxyl groups excluding tert-OH is 7. The number of carboxylic acids is 2. The van der Waals surface area contributed by atoms with E-state index >= 15 is 0 Å². The van der Waals surface area contributed by atoms with Crippen molar-refractivity contribution >= 4 is 59.7 Å². The highest BCUT2D eigenvalue weighted by Gasteiger charge is 2.48. The zero-order valence-electron chi connectivity index (χ0n) is 39.5. The number of carbonyl (C=O) groups is 8. The Morgan fingerprint density at radius 3 is 1.67 bits per heavy atom. The topological polar surface area (TPSA) is 421 Å². The number of nitrogens with one attached hydrogen (secondary N) is 3. The van der Waals surface area contributed by atoms with E-state index in [0.717, 1.165) is 0 Å². The molecule has 2 fully saturated rings. The molecule has 0 spiro atoms. The van der Waals surface area contributed by atoms with E-state index in [9.17, 15) is 58.8 Å². The number of benzene rings is 2. The summed E-state index contributed by atoms with van der Waals surface area (Å²) in [7, 11) is 0. The number of carboxylic acid groups (broad SMARTS) is 2. The minimum atomic E-state index is -1.87. The van der Waals surface area contributed by atoms with Crippen LogP contribution in [-0.2, 0) is 70.5 Å². The zero-order chi connectivity index (χ0) is 54.6. The van der Waals surface area contributed by atoms with Crippen molar-refractivity contribution in [1.82, 2.24) is 5.32 Å². The fourth-order valence-electron chi connectivity index (χ4n) is 5.60. The summed E-state index contributed by atoms with van der Waals surface area (Å²) in [5.74, 6) is -4.15. The Morgan fingerprint density at radius 1 is 0.686 bits per heavy atom. The van der Waals surface area contributed by atoms with E-state index in [0.29, 0.717) is 35.2 Å². The van der Waals surface area contributed by atoms with Crippen LogP contribution in [0.3, 0.4) is 0 Å². The highest BCUT2D eigenvalue weighted by molar-refractivity contribution is 6.08. The largest absolute Gasteiger partial charge is 0.506 e. The monoisotopic (exact) mass is 998 g/mol. The molecular formula is C44H57N3O23. The van der Waals surface area contributed by atoms with E-state index in [2.05, 4.69) is 36.7 Å². The van der Waals surface area contributed by atoms with Crippen LogP contribution in [0, 0.1) is 0 Å². The van der Waals surface area contributed by atoms with Gasteiger partial charge in [0.25, 0.3) is 12.9 Å². The van der Waals surface area contributed by atoms with Crippen LogP contribution >= 0.6 is 0 Å². The molecular weight excluding hydrogens is 938 g/mol. The van der Waals surface area contributed by atoms with Gasteiger partial charge in [0.05, 0.1) is 17.1 Å². The molecule has 386 valence electrons. The Morgan fingerprint density at radius 2 is 1.16 bits per heavy atom. The number of phenolic OH excluding ortho intramolecular Hbond substituents is 1. The van der Waals surface area contributed by atoms with Crippen LogP contribution in [-0.4, -0.2) is 161 Å². The molecule has 10 atom stereocenters. The number of hydrogen-bond acceptors (Lipinski definition) is 21. The predicted octanol–water partition coefficient (Wildman–Crippen LogP) is -1.40. The Hall–Kier alpha value is -7.14. The number of aromatic hydroxyl groups is 1. The Balaban J connectivity index is 0.000000518. The summed E-state index contributed by atoms with van der Waals surface area (Å²) in [6.07, 6.45) is -14.7. The van der Waals surface area contributed by atoms with E-state index in [-0.39, 0.29) is 61.5 Å². The molecule has 2 aromatic rings. The second kappa shape index (κ2) is 29.0. The molecule has 13 N–H and O–H groups in total. The summed E-state index contributed by atoms with van der Waals surface area (Å²) in [6.45, 7) is 8.37. The first kappa shape index (κ1) is 55.5. The second-order valence-corrected chi connectivity index (χ2v) is 14.6. The van der Waals surface area contributed by atoms with E-state index < -0.39 is 92.2 Å². The lowest BCUT2D eigenvalue weighted by molar-refractivity contribution is -0.279. The average Bonchev–Trinajstić information content (AvgIpc) is 3.33. The van der Waals surface area contributed by atoms with Gasteiger partial charge in [0.1, 0.15) is 61.3 Å². The third kappa shape index (κ3) is 18.1. The Labute approximate surface area is 402 Å². The number of allylic oxidation sites excluding steroid dienone is 4. The smallest absolute Gasteiger partial charge is 0.335 e. The van der Waals surface area contributed by atoms with Crippen molar-refractivity contribution < 1.29 is 117 Å². The fraction of sp³-hybridized carbons (Fsp3) is 0.409. The number of rotatable bonds is 14. The molecule has 0 saturated carbocycles. The van der Waals surface area contributed by atoms with Gasteiger partial charge >= 0.3 is 11.9 Å². The van der Waals surface area contributed by atoms with Crippen molar-refractivity contribution in [1.29, 1.82) is 0 Å². The van der Waals surface area contributed by atoms with Gasteiger partial charge in [0.2, 0.25) is 29.8 Å². The van der Waals surface area contributed by atoms with Gasteiger partial charge in [-0.15, -0.1) is 0 Å². The minimum absolute atomic E-state index is 0. The van der Waals surface area contributed by atoms with Gasteiger partial charge in [0.15, 0.2) is 21.2 Å². The fourth-order valence-corrected chi connectivity index (χ4v) is 5.60. The zero-order valence-corrected chi connectivity index (χ0v) is 37.5. The summed E-state index contributed by atoms with van der Waals surface area (Å²) >= 11 is 0. The molecule has 3 amide bonds. The van der Waals surface area contributed by atoms with Crippen LogP contribution in [0.25, 0.3) is 0 Å². The molecule has 0 aromatic heterocycles. The van der Waals surface area contributed by atoms with Crippen molar-refractivity contribution in [2.45, 2.75) is 115 Å². The number of hydrogen-bond donors (Lipinski definition) is 13. The number of anilines is 2. The van der Waals surface area contributed by atoms with Crippen LogP contribution < -0.4 is 20.7 Å². The molecule has 1 aliphatic carbocycles. The lowest BCUT2D eigenvalue weighted by Gasteiger charge is -2.38. The first-order valence-electron chi connectivity index (χ1n) is 21.7. The second-order valence-electron chi connectivity index (χ2n) is 14.6. The van der Waals surface area contributed by atoms with E-state index in [1.807, 2.05) is 0 Å². The van der Waals surface area contributed by atoms with Gasteiger partial charge in [-0.3, -0.25) is 28.8 Å². The number of carbonyl (C=O) groups excluding carboxylic acids is 6. The molecule has 2 aromatic carbocycles. The molecule has 2 heterocycles. The predicted molar refractivity (Wildman–Crippen MR) is 237 cm³/mol.